The largest absolute Gasteiger partial charge is 0.468 e. The minimum absolute atomic E-state index is 0.0282. The maximum Gasteiger partial charge on any atom is 0.410 e. The Hall–Kier alpha value is -1.92. The summed E-state index contributed by atoms with van der Waals surface area (Å²) in [5.74, 6) is -1.43. The number of Topliss-reactive ketones (excluding diaryl/α,β-unsaturated/α-hetero) is 2. The molecule has 0 saturated carbocycles. The Bertz CT molecular complexity index is 444. The summed E-state index contributed by atoms with van der Waals surface area (Å²) in [6.07, 6.45) is 0.308. The van der Waals surface area contributed by atoms with Gasteiger partial charge in [-0.2, -0.15) is 0 Å². The van der Waals surface area contributed by atoms with Gasteiger partial charge in [0, 0.05) is 25.9 Å². The van der Waals surface area contributed by atoms with Crippen molar-refractivity contribution in [2.45, 2.75) is 53.1 Å². The number of hydrogen-bond donors (Lipinski definition) is 0. The SMILES string of the molecule is CCC(C)=O.COC(=O)C1CN(C(=O)OC(C)(C)C)CCC1=O. The van der Waals surface area contributed by atoms with Crippen LogP contribution in [0, 0.1) is 5.92 Å². The molecule has 1 fully saturated rings. The standard InChI is InChI=1S/C12H19NO5.C4H8O/c1-12(2,3)18-11(16)13-6-5-9(14)8(7-13)10(15)17-4;1-3-4(2)5/h8H,5-7H2,1-4H3;3H2,1-2H3. The van der Waals surface area contributed by atoms with Gasteiger partial charge in [-0.05, 0) is 27.7 Å². The zero-order valence-electron chi connectivity index (χ0n) is 14.8. The number of likely N-dealkylation sites (tertiary alicyclic amines) is 1. The van der Waals surface area contributed by atoms with Gasteiger partial charge < -0.3 is 19.2 Å². The van der Waals surface area contributed by atoms with Crippen LogP contribution in [0.15, 0.2) is 0 Å². The highest BCUT2D eigenvalue weighted by Crippen LogP contribution is 2.17. The Labute approximate surface area is 137 Å². The molecule has 1 heterocycles. The summed E-state index contributed by atoms with van der Waals surface area (Å²) in [7, 11) is 1.22. The van der Waals surface area contributed by atoms with E-state index in [1.807, 2.05) is 6.92 Å². The molecule has 0 aromatic carbocycles. The van der Waals surface area contributed by atoms with Crippen molar-refractivity contribution in [2.24, 2.45) is 5.92 Å². The van der Waals surface area contributed by atoms with E-state index in [-0.39, 0.29) is 31.1 Å². The molecule has 7 heteroatoms. The minimum atomic E-state index is -0.892. The van der Waals surface area contributed by atoms with Crippen LogP contribution < -0.4 is 0 Å². The molecule has 1 amide bonds. The van der Waals surface area contributed by atoms with Gasteiger partial charge in [0.15, 0.2) is 5.78 Å². The summed E-state index contributed by atoms with van der Waals surface area (Å²) >= 11 is 0. The maximum atomic E-state index is 11.8. The van der Waals surface area contributed by atoms with Crippen molar-refractivity contribution in [3.05, 3.63) is 0 Å². The molecule has 23 heavy (non-hydrogen) atoms. The van der Waals surface area contributed by atoms with Crippen LogP contribution in [0.1, 0.15) is 47.5 Å². The first-order valence-corrected chi connectivity index (χ1v) is 7.59. The van der Waals surface area contributed by atoms with Gasteiger partial charge in [0.1, 0.15) is 17.3 Å². The number of methoxy groups -OCH3 is 1. The number of piperidine rings is 1. The van der Waals surface area contributed by atoms with E-state index in [2.05, 4.69) is 4.74 Å². The zero-order valence-corrected chi connectivity index (χ0v) is 14.8. The second-order valence-corrected chi connectivity index (χ2v) is 6.27. The summed E-state index contributed by atoms with van der Waals surface area (Å²) in [6, 6.07) is 0. The molecule has 0 aliphatic carbocycles. The molecule has 7 nitrogen and oxygen atoms in total. The maximum absolute atomic E-state index is 11.8. The first-order valence-electron chi connectivity index (χ1n) is 7.59. The molecule has 0 radical (unpaired) electrons. The van der Waals surface area contributed by atoms with Crippen molar-refractivity contribution in [2.75, 3.05) is 20.2 Å². The van der Waals surface area contributed by atoms with E-state index in [4.69, 9.17) is 4.74 Å². The van der Waals surface area contributed by atoms with E-state index in [1.165, 1.54) is 12.0 Å². The van der Waals surface area contributed by atoms with E-state index < -0.39 is 23.6 Å². The predicted molar refractivity (Wildman–Crippen MR) is 83.9 cm³/mol. The summed E-state index contributed by atoms with van der Waals surface area (Å²) in [4.78, 5) is 46.0. The minimum Gasteiger partial charge on any atom is -0.468 e. The van der Waals surface area contributed by atoms with Crippen LogP contribution >= 0.6 is 0 Å². The third kappa shape index (κ3) is 8.32. The summed E-state index contributed by atoms with van der Waals surface area (Å²) in [5, 5.41) is 0. The van der Waals surface area contributed by atoms with Gasteiger partial charge in [-0.3, -0.25) is 9.59 Å². The van der Waals surface area contributed by atoms with Gasteiger partial charge in [-0.15, -0.1) is 0 Å². The summed E-state index contributed by atoms with van der Waals surface area (Å²) < 4.78 is 9.75. The average Bonchev–Trinajstić information content (AvgIpc) is 2.45. The van der Waals surface area contributed by atoms with Gasteiger partial charge >= 0.3 is 12.1 Å². The molecule has 132 valence electrons. The zero-order chi connectivity index (χ0) is 18.2. The smallest absolute Gasteiger partial charge is 0.410 e. The van der Waals surface area contributed by atoms with Crippen LogP contribution in [0.25, 0.3) is 0 Å². The van der Waals surface area contributed by atoms with Gasteiger partial charge in [0.2, 0.25) is 0 Å². The molecule has 1 atom stereocenters. The number of ketones is 2. The molecule has 0 aromatic heterocycles. The van der Waals surface area contributed by atoms with Gasteiger partial charge in [0.25, 0.3) is 0 Å². The van der Waals surface area contributed by atoms with Gasteiger partial charge in [0.05, 0.1) is 7.11 Å². The average molecular weight is 329 g/mol. The Morgan fingerprint density at radius 1 is 1.26 bits per heavy atom. The monoisotopic (exact) mass is 329 g/mol. The lowest BCUT2D eigenvalue weighted by molar-refractivity contribution is -0.151. The van der Waals surface area contributed by atoms with Gasteiger partial charge in [-0.25, -0.2) is 4.79 Å². The van der Waals surface area contributed by atoms with E-state index in [0.717, 1.165) is 0 Å². The molecular weight excluding hydrogens is 302 g/mol. The number of hydrogen-bond acceptors (Lipinski definition) is 6. The molecule has 0 spiro atoms. The molecule has 1 rings (SSSR count). The van der Waals surface area contributed by atoms with Crippen LogP contribution in [0.5, 0.6) is 0 Å². The second-order valence-electron chi connectivity index (χ2n) is 6.27. The lowest BCUT2D eigenvalue weighted by Crippen LogP contribution is -2.48. The Morgan fingerprint density at radius 2 is 1.78 bits per heavy atom. The Kier molecular flexibility index (Phi) is 8.50. The van der Waals surface area contributed by atoms with Crippen LogP contribution in [-0.4, -0.2) is 54.3 Å². The molecule has 0 N–H and O–H groups in total. The normalized spacial score (nSPS) is 17.7. The van der Waals surface area contributed by atoms with Crippen molar-refractivity contribution in [1.29, 1.82) is 0 Å². The lowest BCUT2D eigenvalue weighted by Gasteiger charge is -2.32. The highest BCUT2D eigenvalue weighted by Gasteiger charge is 2.36. The van der Waals surface area contributed by atoms with Crippen LogP contribution in [-0.2, 0) is 23.9 Å². The van der Waals surface area contributed by atoms with Gasteiger partial charge in [-0.1, -0.05) is 6.92 Å². The van der Waals surface area contributed by atoms with Crippen molar-refractivity contribution in [3.8, 4) is 0 Å². The first kappa shape index (κ1) is 21.1. The van der Waals surface area contributed by atoms with E-state index >= 15 is 0 Å². The first-order chi connectivity index (χ1) is 10.5. The molecule has 1 saturated heterocycles. The third-order valence-electron chi connectivity index (χ3n) is 3.06. The van der Waals surface area contributed by atoms with Crippen molar-refractivity contribution in [3.63, 3.8) is 0 Å². The number of carbonyl (C=O) groups excluding carboxylic acids is 4. The molecule has 1 aliphatic rings. The quantitative estimate of drug-likeness (QED) is 0.568. The second kappa shape index (κ2) is 9.27. The Balaban J connectivity index is 0.000000841. The topological polar surface area (TPSA) is 90.0 Å². The highest BCUT2D eigenvalue weighted by molar-refractivity contribution is 6.00. The van der Waals surface area contributed by atoms with Crippen LogP contribution in [0.4, 0.5) is 4.79 Å². The molecule has 1 unspecified atom stereocenters. The number of ether oxygens (including phenoxy) is 2. The third-order valence-corrected chi connectivity index (χ3v) is 3.06. The number of nitrogens with zero attached hydrogens (tertiary/aromatic N) is 1. The number of esters is 1. The highest BCUT2D eigenvalue weighted by atomic mass is 16.6. The van der Waals surface area contributed by atoms with E-state index in [9.17, 15) is 19.2 Å². The van der Waals surface area contributed by atoms with E-state index in [1.54, 1.807) is 27.7 Å². The number of rotatable bonds is 2. The van der Waals surface area contributed by atoms with Crippen molar-refractivity contribution < 1.29 is 28.7 Å². The summed E-state index contributed by atoms with van der Waals surface area (Å²) in [6.45, 7) is 9.03. The molecular formula is C16H27NO6. The molecule has 0 bridgehead atoms. The number of amides is 1. The Morgan fingerprint density at radius 3 is 2.17 bits per heavy atom. The fraction of sp³-hybridized carbons (Fsp3) is 0.750. The predicted octanol–water partition coefficient (Wildman–Crippen LogP) is 1.97. The van der Waals surface area contributed by atoms with Crippen LogP contribution in [0.2, 0.25) is 0 Å². The molecule has 1 aliphatic heterocycles. The summed E-state index contributed by atoms with van der Waals surface area (Å²) in [5.41, 5.74) is -0.598. The van der Waals surface area contributed by atoms with Crippen LogP contribution in [0.3, 0.4) is 0 Å². The lowest BCUT2D eigenvalue weighted by atomic mass is 9.97. The van der Waals surface area contributed by atoms with Crippen molar-refractivity contribution >= 4 is 23.6 Å². The number of carbonyl (C=O) groups is 4. The fourth-order valence-electron chi connectivity index (χ4n) is 1.67. The van der Waals surface area contributed by atoms with Crippen molar-refractivity contribution in [1.82, 2.24) is 4.90 Å². The van der Waals surface area contributed by atoms with E-state index in [0.29, 0.717) is 6.42 Å². The fourth-order valence-corrected chi connectivity index (χ4v) is 1.67. The molecule has 0 aromatic rings.